The zero-order chi connectivity index (χ0) is 12.7. The Bertz CT molecular complexity index is 575. The van der Waals surface area contributed by atoms with E-state index in [4.69, 9.17) is 17.3 Å². The standard InChI is InChI=1S/C13H17ClN2O/c1-7-10(14)5-4-9-12(11(17)6-15)8(2)16(3)13(7)9/h4-5,11,17H,6,15H2,1-3H3. The molecule has 1 aromatic heterocycles. The number of hydrogen-bond acceptors (Lipinski definition) is 2. The number of hydrogen-bond donors (Lipinski definition) is 2. The van der Waals surface area contributed by atoms with Crippen LogP contribution in [0, 0.1) is 13.8 Å². The first-order valence-electron chi connectivity index (χ1n) is 5.61. The zero-order valence-electron chi connectivity index (χ0n) is 10.3. The Labute approximate surface area is 106 Å². The van der Waals surface area contributed by atoms with Gasteiger partial charge in [0.1, 0.15) is 0 Å². The van der Waals surface area contributed by atoms with Gasteiger partial charge in [-0.15, -0.1) is 0 Å². The van der Waals surface area contributed by atoms with Crippen molar-refractivity contribution >= 4 is 22.5 Å². The molecule has 4 heteroatoms. The van der Waals surface area contributed by atoms with Crippen molar-refractivity contribution in [2.24, 2.45) is 12.8 Å². The van der Waals surface area contributed by atoms with E-state index in [9.17, 15) is 5.11 Å². The molecule has 2 rings (SSSR count). The fourth-order valence-corrected chi connectivity index (χ4v) is 2.56. The summed E-state index contributed by atoms with van der Waals surface area (Å²) in [5, 5.41) is 11.8. The Morgan fingerprint density at radius 1 is 1.41 bits per heavy atom. The molecule has 0 aliphatic heterocycles. The highest BCUT2D eigenvalue weighted by Gasteiger charge is 2.19. The lowest BCUT2D eigenvalue weighted by atomic mass is 10.0. The second-order valence-electron chi connectivity index (χ2n) is 4.38. The van der Waals surface area contributed by atoms with Crippen LogP contribution in [-0.4, -0.2) is 16.2 Å². The normalized spacial score (nSPS) is 13.3. The van der Waals surface area contributed by atoms with Crippen LogP contribution in [-0.2, 0) is 7.05 Å². The van der Waals surface area contributed by atoms with E-state index in [2.05, 4.69) is 4.57 Å². The quantitative estimate of drug-likeness (QED) is 0.863. The maximum atomic E-state index is 10.0. The first-order chi connectivity index (χ1) is 7.99. The molecular formula is C13H17ClN2O. The van der Waals surface area contributed by atoms with Crippen molar-refractivity contribution in [1.29, 1.82) is 0 Å². The molecule has 1 atom stereocenters. The van der Waals surface area contributed by atoms with Crippen LogP contribution < -0.4 is 5.73 Å². The molecule has 1 aromatic carbocycles. The van der Waals surface area contributed by atoms with Gasteiger partial charge in [0.2, 0.25) is 0 Å². The van der Waals surface area contributed by atoms with E-state index < -0.39 is 6.10 Å². The number of aliphatic hydroxyl groups is 1. The second-order valence-corrected chi connectivity index (χ2v) is 4.79. The van der Waals surface area contributed by atoms with Gasteiger partial charge in [-0.3, -0.25) is 0 Å². The van der Waals surface area contributed by atoms with Crippen LogP contribution in [0.1, 0.15) is 22.9 Å². The zero-order valence-corrected chi connectivity index (χ0v) is 11.0. The highest BCUT2D eigenvalue weighted by atomic mass is 35.5. The molecular weight excluding hydrogens is 236 g/mol. The molecule has 2 aromatic rings. The number of aliphatic hydroxyl groups excluding tert-OH is 1. The van der Waals surface area contributed by atoms with Gasteiger partial charge in [-0.25, -0.2) is 0 Å². The molecule has 0 spiro atoms. The number of rotatable bonds is 2. The summed E-state index contributed by atoms with van der Waals surface area (Å²) in [4.78, 5) is 0. The van der Waals surface area contributed by atoms with Gasteiger partial charge in [-0.05, 0) is 25.5 Å². The van der Waals surface area contributed by atoms with E-state index in [1.54, 1.807) is 0 Å². The molecule has 92 valence electrons. The average Bonchev–Trinajstić information content (AvgIpc) is 2.57. The van der Waals surface area contributed by atoms with Gasteiger partial charge in [0, 0.05) is 35.3 Å². The van der Waals surface area contributed by atoms with E-state index in [1.165, 1.54) is 0 Å². The smallest absolute Gasteiger partial charge is 0.0935 e. The third kappa shape index (κ3) is 1.75. The maximum Gasteiger partial charge on any atom is 0.0935 e. The fraction of sp³-hybridized carbons (Fsp3) is 0.385. The summed E-state index contributed by atoms with van der Waals surface area (Å²) in [7, 11) is 1.98. The van der Waals surface area contributed by atoms with Crippen molar-refractivity contribution < 1.29 is 5.11 Å². The molecule has 17 heavy (non-hydrogen) atoms. The minimum atomic E-state index is -0.626. The Balaban J connectivity index is 2.87. The molecule has 0 aliphatic carbocycles. The van der Waals surface area contributed by atoms with Crippen molar-refractivity contribution in [3.8, 4) is 0 Å². The highest BCUT2D eigenvalue weighted by molar-refractivity contribution is 6.32. The maximum absolute atomic E-state index is 10.0. The molecule has 0 aliphatic rings. The number of aromatic nitrogens is 1. The third-order valence-corrected chi connectivity index (χ3v) is 3.85. The van der Waals surface area contributed by atoms with Crippen molar-refractivity contribution in [3.63, 3.8) is 0 Å². The van der Waals surface area contributed by atoms with Gasteiger partial charge in [0.05, 0.1) is 11.6 Å². The van der Waals surface area contributed by atoms with Gasteiger partial charge in [0.25, 0.3) is 0 Å². The first-order valence-corrected chi connectivity index (χ1v) is 5.99. The summed E-state index contributed by atoms with van der Waals surface area (Å²) in [6, 6.07) is 3.82. The van der Waals surface area contributed by atoms with Crippen LogP contribution in [0.3, 0.4) is 0 Å². The third-order valence-electron chi connectivity index (χ3n) is 3.44. The van der Waals surface area contributed by atoms with E-state index in [1.807, 2.05) is 33.0 Å². The van der Waals surface area contributed by atoms with E-state index in [0.717, 1.165) is 32.7 Å². The molecule has 0 saturated heterocycles. The SMILES string of the molecule is Cc1c(Cl)ccc2c(C(O)CN)c(C)n(C)c12. The van der Waals surface area contributed by atoms with E-state index in [-0.39, 0.29) is 6.54 Å². The average molecular weight is 253 g/mol. The molecule has 0 fully saturated rings. The first kappa shape index (κ1) is 12.4. The predicted octanol–water partition coefficient (Wildman–Crippen LogP) is 2.44. The Hall–Kier alpha value is -1.03. The molecule has 3 nitrogen and oxygen atoms in total. The molecule has 3 N–H and O–H groups in total. The number of aryl methyl sites for hydroxylation is 2. The number of nitrogens with zero attached hydrogens (tertiary/aromatic N) is 1. The minimum Gasteiger partial charge on any atom is -0.387 e. The molecule has 0 saturated carbocycles. The highest BCUT2D eigenvalue weighted by Crippen LogP contribution is 2.34. The van der Waals surface area contributed by atoms with Crippen LogP contribution >= 0.6 is 11.6 Å². The van der Waals surface area contributed by atoms with Crippen LogP contribution in [0.25, 0.3) is 10.9 Å². The van der Waals surface area contributed by atoms with Crippen LogP contribution in [0.2, 0.25) is 5.02 Å². The molecule has 0 amide bonds. The van der Waals surface area contributed by atoms with Gasteiger partial charge in [-0.1, -0.05) is 17.7 Å². The van der Waals surface area contributed by atoms with Gasteiger partial charge in [-0.2, -0.15) is 0 Å². The fourth-order valence-electron chi connectivity index (χ4n) is 2.41. The minimum absolute atomic E-state index is 0.224. The number of nitrogens with two attached hydrogens (primary N) is 1. The van der Waals surface area contributed by atoms with Crippen molar-refractivity contribution in [2.75, 3.05) is 6.54 Å². The number of fused-ring (bicyclic) bond motifs is 1. The largest absolute Gasteiger partial charge is 0.387 e. The van der Waals surface area contributed by atoms with Crippen molar-refractivity contribution in [1.82, 2.24) is 4.57 Å². The van der Waals surface area contributed by atoms with E-state index >= 15 is 0 Å². The summed E-state index contributed by atoms with van der Waals surface area (Å²) in [6.45, 7) is 4.20. The summed E-state index contributed by atoms with van der Waals surface area (Å²) in [6.07, 6.45) is -0.626. The summed E-state index contributed by atoms with van der Waals surface area (Å²) >= 11 is 6.13. The Morgan fingerprint density at radius 2 is 2.06 bits per heavy atom. The van der Waals surface area contributed by atoms with Gasteiger partial charge >= 0.3 is 0 Å². The monoisotopic (exact) mass is 252 g/mol. The van der Waals surface area contributed by atoms with Crippen LogP contribution in [0.5, 0.6) is 0 Å². The second kappa shape index (κ2) is 4.33. The van der Waals surface area contributed by atoms with Gasteiger partial charge < -0.3 is 15.4 Å². The van der Waals surface area contributed by atoms with Crippen LogP contribution in [0.15, 0.2) is 12.1 Å². The number of halogens is 1. The van der Waals surface area contributed by atoms with E-state index in [0.29, 0.717) is 0 Å². The van der Waals surface area contributed by atoms with Crippen molar-refractivity contribution in [3.05, 3.63) is 34.0 Å². The molecule has 0 bridgehead atoms. The lowest BCUT2D eigenvalue weighted by Gasteiger charge is -2.08. The topological polar surface area (TPSA) is 51.2 Å². The molecule has 0 radical (unpaired) electrons. The Kier molecular flexibility index (Phi) is 3.17. The summed E-state index contributed by atoms with van der Waals surface area (Å²) in [5.41, 5.74) is 9.59. The lowest BCUT2D eigenvalue weighted by molar-refractivity contribution is 0.187. The van der Waals surface area contributed by atoms with Crippen molar-refractivity contribution in [2.45, 2.75) is 20.0 Å². The number of benzene rings is 1. The summed E-state index contributed by atoms with van der Waals surface area (Å²) < 4.78 is 2.06. The molecule has 1 heterocycles. The lowest BCUT2D eigenvalue weighted by Crippen LogP contribution is -2.12. The summed E-state index contributed by atoms with van der Waals surface area (Å²) in [5.74, 6) is 0. The van der Waals surface area contributed by atoms with Crippen LogP contribution in [0.4, 0.5) is 0 Å². The van der Waals surface area contributed by atoms with Gasteiger partial charge in [0.15, 0.2) is 0 Å². The molecule has 1 unspecified atom stereocenters. The Morgan fingerprint density at radius 3 is 2.65 bits per heavy atom. The predicted molar refractivity (Wildman–Crippen MR) is 71.4 cm³/mol.